The summed E-state index contributed by atoms with van der Waals surface area (Å²) in [6.45, 7) is 7.36. The van der Waals surface area contributed by atoms with Crippen molar-refractivity contribution in [2.45, 2.75) is 63.6 Å². The van der Waals surface area contributed by atoms with E-state index in [1.165, 1.54) is 12.8 Å². The molecular formula is C13H25NO2. The molecule has 0 saturated carbocycles. The van der Waals surface area contributed by atoms with Gasteiger partial charge in [0.05, 0.1) is 6.10 Å². The first-order chi connectivity index (χ1) is 7.68. The van der Waals surface area contributed by atoms with Crippen LogP contribution in [0.1, 0.15) is 46.0 Å². The molecule has 3 nitrogen and oxygen atoms in total. The van der Waals surface area contributed by atoms with Gasteiger partial charge in [-0.2, -0.15) is 0 Å². The van der Waals surface area contributed by atoms with Gasteiger partial charge >= 0.3 is 0 Å². The lowest BCUT2D eigenvalue weighted by Gasteiger charge is -2.37. The van der Waals surface area contributed by atoms with Crippen LogP contribution in [-0.4, -0.2) is 37.5 Å². The Bertz CT molecular complexity index is 208. The summed E-state index contributed by atoms with van der Waals surface area (Å²) in [4.78, 5) is 0. The van der Waals surface area contributed by atoms with E-state index in [-0.39, 0.29) is 5.54 Å². The maximum absolute atomic E-state index is 5.68. The van der Waals surface area contributed by atoms with Gasteiger partial charge in [-0.05, 0) is 46.0 Å². The Kier molecular flexibility index (Phi) is 4.22. The first-order valence-electron chi connectivity index (χ1n) is 6.65. The summed E-state index contributed by atoms with van der Waals surface area (Å²) in [6.07, 6.45) is 6.38. The molecule has 1 N–H and O–H groups in total. The molecule has 94 valence electrons. The molecule has 0 aromatic heterocycles. The van der Waals surface area contributed by atoms with E-state index in [9.17, 15) is 0 Å². The number of hydrogen-bond acceptors (Lipinski definition) is 3. The third-order valence-corrected chi connectivity index (χ3v) is 3.83. The summed E-state index contributed by atoms with van der Waals surface area (Å²) in [6, 6.07) is 0.547. The molecule has 2 saturated heterocycles. The fourth-order valence-corrected chi connectivity index (χ4v) is 2.84. The van der Waals surface area contributed by atoms with Gasteiger partial charge in [0.25, 0.3) is 0 Å². The van der Waals surface area contributed by atoms with Crippen molar-refractivity contribution < 1.29 is 9.47 Å². The largest absolute Gasteiger partial charge is 0.381 e. The molecule has 3 heteroatoms. The molecule has 2 rings (SSSR count). The van der Waals surface area contributed by atoms with E-state index < -0.39 is 0 Å². The molecule has 2 aliphatic rings. The molecule has 0 amide bonds. The highest BCUT2D eigenvalue weighted by Crippen LogP contribution is 2.23. The number of rotatable bonds is 4. The second-order valence-electron chi connectivity index (χ2n) is 5.59. The monoisotopic (exact) mass is 227 g/mol. The lowest BCUT2D eigenvalue weighted by Crippen LogP contribution is -2.51. The number of hydrogen-bond donors (Lipinski definition) is 1. The molecule has 2 atom stereocenters. The summed E-state index contributed by atoms with van der Waals surface area (Å²) >= 11 is 0. The van der Waals surface area contributed by atoms with E-state index in [4.69, 9.17) is 9.47 Å². The minimum Gasteiger partial charge on any atom is -0.381 e. The van der Waals surface area contributed by atoms with Crippen molar-refractivity contribution in [1.82, 2.24) is 5.32 Å². The van der Waals surface area contributed by atoms with Crippen LogP contribution in [0, 0.1) is 0 Å². The van der Waals surface area contributed by atoms with Crippen molar-refractivity contribution in [2.75, 3.05) is 19.8 Å². The van der Waals surface area contributed by atoms with Crippen LogP contribution < -0.4 is 5.32 Å². The van der Waals surface area contributed by atoms with Crippen LogP contribution in [0.2, 0.25) is 0 Å². The Morgan fingerprint density at radius 2 is 2.06 bits per heavy atom. The summed E-state index contributed by atoms with van der Waals surface area (Å²) in [5.41, 5.74) is 0.274. The van der Waals surface area contributed by atoms with Gasteiger partial charge < -0.3 is 14.8 Å². The highest BCUT2D eigenvalue weighted by molar-refractivity contribution is 4.88. The predicted molar refractivity (Wildman–Crippen MR) is 64.6 cm³/mol. The van der Waals surface area contributed by atoms with Crippen LogP contribution in [0.5, 0.6) is 0 Å². The fraction of sp³-hybridized carbons (Fsp3) is 1.00. The van der Waals surface area contributed by atoms with Crippen LogP contribution in [-0.2, 0) is 9.47 Å². The predicted octanol–water partition coefficient (Wildman–Crippen LogP) is 2.10. The van der Waals surface area contributed by atoms with Crippen LogP contribution in [0.3, 0.4) is 0 Å². The zero-order valence-electron chi connectivity index (χ0n) is 10.6. The van der Waals surface area contributed by atoms with E-state index >= 15 is 0 Å². The molecule has 0 aromatic rings. The van der Waals surface area contributed by atoms with Gasteiger partial charge in [0.15, 0.2) is 0 Å². The van der Waals surface area contributed by atoms with Gasteiger partial charge in [-0.1, -0.05) is 0 Å². The van der Waals surface area contributed by atoms with Gasteiger partial charge in [0.2, 0.25) is 0 Å². The van der Waals surface area contributed by atoms with Gasteiger partial charge in [-0.15, -0.1) is 0 Å². The first-order valence-corrected chi connectivity index (χ1v) is 6.65. The minimum absolute atomic E-state index is 0.274. The highest BCUT2D eigenvalue weighted by Gasteiger charge is 2.29. The molecule has 2 unspecified atom stereocenters. The van der Waals surface area contributed by atoms with E-state index in [1.807, 2.05) is 0 Å². The van der Waals surface area contributed by atoms with Gasteiger partial charge in [-0.3, -0.25) is 0 Å². The third-order valence-electron chi connectivity index (χ3n) is 3.83. The van der Waals surface area contributed by atoms with Crippen LogP contribution >= 0.6 is 0 Å². The van der Waals surface area contributed by atoms with Crippen molar-refractivity contribution in [1.29, 1.82) is 0 Å². The van der Waals surface area contributed by atoms with Gasteiger partial charge in [0, 0.05) is 31.4 Å². The molecule has 2 fully saturated rings. The molecule has 2 aliphatic heterocycles. The SMILES string of the molecule is CC(CC1CCCO1)NC1(C)CCOCC1. The molecule has 0 aromatic carbocycles. The van der Waals surface area contributed by atoms with Crippen molar-refractivity contribution in [3.05, 3.63) is 0 Å². The van der Waals surface area contributed by atoms with E-state index in [1.54, 1.807) is 0 Å². The third kappa shape index (κ3) is 3.44. The molecule has 0 spiro atoms. The lowest BCUT2D eigenvalue weighted by atomic mass is 9.91. The Balaban J connectivity index is 1.74. The van der Waals surface area contributed by atoms with Crippen molar-refractivity contribution >= 4 is 0 Å². The van der Waals surface area contributed by atoms with Crippen LogP contribution in [0.25, 0.3) is 0 Å². The summed E-state index contributed by atoms with van der Waals surface area (Å²) in [5.74, 6) is 0. The highest BCUT2D eigenvalue weighted by atomic mass is 16.5. The first kappa shape index (κ1) is 12.3. The minimum atomic E-state index is 0.274. The molecule has 0 bridgehead atoms. The van der Waals surface area contributed by atoms with Crippen LogP contribution in [0.4, 0.5) is 0 Å². The number of ether oxygens (including phenoxy) is 2. The summed E-state index contributed by atoms with van der Waals surface area (Å²) < 4.78 is 11.1. The van der Waals surface area contributed by atoms with Crippen molar-refractivity contribution in [2.24, 2.45) is 0 Å². The van der Waals surface area contributed by atoms with Gasteiger partial charge in [0.1, 0.15) is 0 Å². The average Bonchev–Trinajstić information content (AvgIpc) is 2.70. The Labute approximate surface area is 98.9 Å². The lowest BCUT2D eigenvalue weighted by molar-refractivity contribution is 0.0355. The quantitative estimate of drug-likeness (QED) is 0.798. The zero-order chi connectivity index (χ0) is 11.4. The Morgan fingerprint density at radius 1 is 1.31 bits per heavy atom. The molecular weight excluding hydrogens is 202 g/mol. The summed E-state index contributed by atoms with van der Waals surface area (Å²) in [7, 11) is 0. The van der Waals surface area contributed by atoms with Gasteiger partial charge in [-0.25, -0.2) is 0 Å². The maximum atomic E-state index is 5.68. The van der Waals surface area contributed by atoms with E-state index in [0.29, 0.717) is 12.1 Å². The topological polar surface area (TPSA) is 30.5 Å². The standard InChI is InChI=1S/C13H25NO2/c1-11(10-12-4-3-7-16-12)14-13(2)5-8-15-9-6-13/h11-12,14H,3-10H2,1-2H3. The molecule has 0 aliphatic carbocycles. The molecule has 2 heterocycles. The average molecular weight is 227 g/mol. The number of nitrogens with one attached hydrogen (secondary N) is 1. The second kappa shape index (κ2) is 5.48. The molecule has 16 heavy (non-hydrogen) atoms. The smallest absolute Gasteiger partial charge is 0.0590 e. The van der Waals surface area contributed by atoms with Crippen molar-refractivity contribution in [3.8, 4) is 0 Å². The van der Waals surface area contributed by atoms with Crippen molar-refractivity contribution in [3.63, 3.8) is 0 Å². The summed E-state index contributed by atoms with van der Waals surface area (Å²) in [5, 5.41) is 3.76. The second-order valence-corrected chi connectivity index (χ2v) is 5.59. The fourth-order valence-electron chi connectivity index (χ4n) is 2.84. The maximum Gasteiger partial charge on any atom is 0.0590 e. The molecule has 0 radical (unpaired) electrons. The normalized spacial score (nSPS) is 31.5. The Hall–Kier alpha value is -0.120. The zero-order valence-corrected chi connectivity index (χ0v) is 10.6. The Morgan fingerprint density at radius 3 is 2.69 bits per heavy atom. The van der Waals surface area contributed by atoms with E-state index in [0.717, 1.165) is 39.1 Å². The van der Waals surface area contributed by atoms with Crippen LogP contribution in [0.15, 0.2) is 0 Å². The van der Waals surface area contributed by atoms with E-state index in [2.05, 4.69) is 19.2 Å².